The molecule has 0 atom stereocenters. The van der Waals surface area contributed by atoms with E-state index in [1.165, 1.54) is 0 Å². The molecule has 1 N–H and O–H groups in total. The van der Waals surface area contributed by atoms with Gasteiger partial charge in [0.25, 0.3) is 5.91 Å². The standard InChI is InChI=1S/C22H26N2O4/c1-3-28-22(26)24-13-11-18(12-14-24)23-21(25)19-15-17(9-10-20(19)27-2)16-7-5-4-6-8-16/h4-10,15,18H,3,11-14H2,1-2H3,(H,23,25). The Morgan fingerprint density at radius 2 is 1.79 bits per heavy atom. The summed E-state index contributed by atoms with van der Waals surface area (Å²) < 4.78 is 10.4. The molecule has 2 aromatic carbocycles. The Balaban J connectivity index is 1.68. The van der Waals surface area contributed by atoms with Gasteiger partial charge in [-0.2, -0.15) is 0 Å². The van der Waals surface area contributed by atoms with E-state index in [-0.39, 0.29) is 18.0 Å². The maximum Gasteiger partial charge on any atom is 0.409 e. The normalized spacial score (nSPS) is 14.4. The number of rotatable bonds is 5. The van der Waals surface area contributed by atoms with E-state index in [0.717, 1.165) is 11.1 Å². The van der Waals surface area contributed by atoms with Crippen molar-refractivity contribution >= 4 is 12.0 Å². The second-order valence-corrected chi connectivity index (χ2v) is 6.71. The largest absolute Gasteiger partial charge is 0.496 e. The van der Waals surface area contributed by atoms with Gasteiger partial charge in [0, 0.05) is 19.1 Å². The molecule has 1 heterocycles. The van der Waals surface area contributed by atoms with Gasteiger partial charge in [-0.3, -0.25) is 4.79 Å². The molecular weight excluding hydrogens is 356 g/mol. The zero-order valence-corrected chi connectivity index (χ0v) is 16.3. The Morgan fingerprint density at radius 3 is 2.43 bits per heavy atom. The number of hydrogen-bond acceptors (Lipinski definition) is 4. The van der Waals surface area contributed by atoms with Gasteiger partial charge in [-0.25, -0.2) is 4.79 Å². The molecule has 0 bridgehead atoms. The predicted octanol–water partition coefficient (Wildman–Crippen LogP) is 3.71. The molecule has 6 nitrogen and oxygen atoms in total. The van der Waals surface area contributed by atoms with E-state index >= 15 is 0 Å². The van der Waals surface area contributed by atoms with Crippen molar-refractivity contribution in [3.8, 4) is 16.9 Å². The Bertz CT molecular complexity index is 815. The van der Waals surface area contributed by atoms with E-state index in [0.29, 0.717) is 43.9 Å². The zero-order valence-electron chi connectivity index (χ0n) is 16.3. The second-order valence-electron chi connectivity index (χ2n) is 6.71. The first-order chi connectivity index (χ1) is 13.6. The van der Waals surface area contributed by atoms with Crippen LogP contribution in [0.2, 0.25) is 0 Å². The fourth-order valence-electron chi connectivity index (χ4n) is 3.38. The molecular formula is C22H26N2O4. The van der Waals surface area contributed by atoms with Crippen molar-refractivity contribution in [1.82, 2.24) is 10.2 Å². The highest BCUT2D eigenvalue weighted by molar-refractivity contribution is 5.98. The molecule has 0 saturated carbocycles. The number of piperidine rings is 1. The summed E-state index contributed by atoms with van der Waals surface area (Å²) in [5.74, 6) is 0.380. The molecule has 0 aliphatic carbocycles. The highest BCUT2D eigenvalue weighted by Gasteiger charge is 2.25. The quantitative estimate of drug-likeness (QED) is 0.856. The van der Waals surface area contributed by atoms with Gasteiger partial charge in [-0.15, -0.1) is 0 Å². The Hall–Kier alpha value is -3.02. The highest BCUT2D eigenvalue weighted by atomic mass is 16.6. The van der Waals surface area contributed by atoms with Gasteiger partial charge in [0.15, 0.2) is 0 Å². The molecule has 0 spiro atoms. The number of nitrogens with zero attached hydrogens (tertiary/aromatic N) is 1. The number of benzene rings is 2. The Kier molecular flexibility index (Phi) is 6.53. The third kappa shape index (κ3) is 4.63. The minimum absolute atomic E-state index is 0.0169. The maximum absolute atomic E-state index is 12.9. The molecule has 0 aromatic heterocycles. The summed E-state index contributed by atoms with van der Waals surface area (Å²) in [5, 5.41) is 3.08. The van der Waals surface area contributed by atoms with Crippen molar-refractivity contribution in [2.75, 3.05) is 26.8 Å². The number of carbonyl (C=O) groups is 2. The van der Waals surface area contributed by atoms with Crippen LogP contribution < -0.4 is 10.1 Å². The summed E-state index contributed by atoms with van der Waals surface area (Å²) >= 11 is 0. The van der Waals surface area contributed by atoms with Crippen LogP contribution in [-0.4, -0.2) is 49.7 Å². The molecule has 2 amide bonds. The van der Waals surface area contributed by atoms with Crippen molar-refractivity contribution in [3.63, 3.8) is 0 Å². The lowest BCUT2D eigenvalue weighted by molar-refractivity contribution is 0.0858. The number of hydrogen-bond donors (Lipinski definition) is 1. The van der Waals surface area contributed by atoms with E-state index in [4.69, 9.17) is 9.47 Å². The van der Waals surface area contributed by atoms with Crippen LogP contribution in [0.1, 0.15) is 30.1 Å². The summed E-state index contributed by atoms with van der Waals surface area (Å²) in [5.41, 5.74) is 2.52. The minimum atomic E-state index is -0.287. The van der Waals surface area contributed by atoms with Gasteiger partial charge in [-0.1, -0.05) is 36.4 Å². The average Bonchev–Trinajstić information content (AvgIpc) is 2.74. The lowest BCUT2D eigenvalue weighted by Crippen LogP contribution is -2.46. The Morgan fingerprint density at radius 1 is 1.07 bits per heavy atom. The predicted molar refractivity (Wildman–Crippen MR) is 108 cm³/mol. The molecule has 2 aromatic rings. The highest BCUT2D eigenvalue weighted by Crippen LogP contribution is 2.27. The molecule has 0 unspecified atom stereocenters. The van der Waals surface area contributed by atoms with Gasteiger partial charge < -0.3 is 19.7 Å². The summed E-state index contributed by atoms with van der Waals surface area (Å²) in [6, 6.07) is 15.6. The van der Waals surface area contributed by atoms with Crippen molar-refractivity contribution < 1.29 is 19.1 Å². The van der Waals surface area contributed by atoms with Gasteiger partial charge in [0.1, 0.15) is 5.75 Å². The molecule has 6 heteroatoms. The molecule has 1 saturated heterocycles. The third-order valence-corrected chi connectivity index (χ3v) is 4.91. The van der Waals surface area contributed by atoms with Crippen LogP contribution in [0.5, 0.6) is 5.75 Å². The van der Waals surface area contributed by atoms with Crippen LogP contribution in [0.3, 0.4) is 0 Å². The first-order valence-corrected chi connectivity index (χ1v) is 9.58. The number of amides is 2. The van der Waals surface area contributed by atoms with Crippen molar-refractivity contribution in [1.29, 1.82) is 0 Å². The lowest BCUT2D eigenvalue weighted by atomic mass is 10.0. The molecule has 1 fully saturated rings. The van der Waals surface area contributed by atoms with Crippen LogP contribution in [0.25, 0.3) is 11.1 Å². The lowest BCUT2D eigenvalue weighted by Gasteiger charge is -2.31. The number of carbonyl (C=O) groups excluding carboxylic acids is 2. The number of ether oxygens (including phenoxy) is 2. The second kappa shape index (κ2) is 9.26. The van der Waals surface area contributed by atoms with Gasteiger partial charge in [0.05, 0.1) is 19.3 Å². The fraction of sp³-hybridized carbons (Fsp3) is 0.364. The van der Waals surface area contributed by atoms with Crippen LogP contribution in [0.4, 0.5) is 4.79 Å². The van der Waals surface area contributed by atoms with Gasteiger partial charge in [-0.05, 0) is 43.0 Å². The summed E-state index contributed by atoms with van der Waals surface area (Å²) in [6.07, 6.45) is 1.11. The molecule has 3 rings (SSSR count). The number of likely N-dealkylation sites (tertiary alicyclic amines) is 1. The van der Waals surface area contributed by atoms with Crippen LogP contribution in [0, 0.1) is 0 Å². The van der Waals surface area contributed by atoms with E-state index in [1.807, 2.05) is 48.5 Å². The summed E-state index contributed by atoms with van der Waals surface area (Å²) in [6.45, 7) is 3.31. The van der Waals surface area contributed by atoms with Crippen LogP contribution in [0.15, 0.2) is 48.5 Å². The summed E-state index contributed by atoms with van der Waals surface area (Å²) in [7, 11) is 1.56. The van der Waals surface area contributed by atoms with E-state index in [1.54, 1.807) is 18.9 Å². The van der Waals surface area contributed by atoms with Crippen molar-refractivity contribution in [3.05, 3.63) is 54.1 Å². The number of nitrogens with one attached hydrogen (secondary N) is 1. The molecule has 148 valence electrons. The SMILES string of the molecule is CCOC(=O)N1CCC(NC(=O)c2cc(-c3ccccc3)ccc2OC)CC1. The topological polar surface area (TPSA) is 67.9 Å². The first-order valence-electron chi connectivity index (χ1n) is 9.58. The van der Waals surface area contributed by atoms with E-state index in [2.05, 4.69) is 5.32 Å². The first kappa shape index (κ1) is 19.7. The molecule has 1 aliphatic heterocycles. The maximum atomic E-state index is 12.9. The fourth-order valence-corrected chi connectivity index (χ4v) is 3.38. The molecule has 0 radical (unpaired) electrons. The molecule has 28 heavy (non-hydrogen) atoms. The monoisotopic (exact) mass is 382 g/mol. The minimum Gasteiger partial charge on any atom is -0.496 e. The average molecular weight is 382 g/mol. The smallest absolute Gasteiger partial charge is 0.409 e. The Labute approximate surface area is 165 Å². The van der Waals surface area contributed by atoms with Crippen molar-refractivity contribution in [2.24, 2.45) is 0 Å². The summed E-state index contributed by atoms with van der Waals surface area (Å²) in [4.78, 5) is 26.4. The van der Waals surface area contributed by atoms with E-state index in [9.17, 15) is 9.59 Å². The van der Waals surface area contributed by atoms with Gasteiger partial charge >= 0.3 is 6.09 Å². The third-order valence-electron chi connectivity index (χ3n) is 4.91. The van der Waals surface area contributed by atoms with Gasteiger partial charge in [0.2, 0.25) is 0 Å². The van der Waals surface area contributed by atoms with Crippen molar-refractivity contribution in [2.45, 2.75) is 25.8 Å². The number of methoxy groups -OCH3 is 1. The molecule has 1 aliphatic rings. The van der Waals surface area contributed by atoms with Crippen LogP contribution >= 0.6 is 0 Å². The van der Waals surface area contributed by atoms with Crippen LogP contribution in [-0.2, 0) is 4.74 Å². The van der Waals surface area contributed by atoms with E-state index < -0.39 is 0 Å². The zero-order chi connectivity index (χ0) is 19.9.